The van der Waals surface area contributed by atoms with Crippen LogP contribution in [0.1, 0.15) is 40.5 Å². The molecule has 2 N–H and O–H groups in total. The second kappa shape index (κ2) is 2.44. The Kier molecular flexibility index (Phi) is 2.02. The quantitative estimate of drug-likeness (QED) is 0.539. The third-order valence-electron chi connectivity index (χ3n) is 1.97. The van der Waals surface area contributed by atoms with Gasteiger partial charge in [-0.3, -0.25) is 0 Å². The Morgan fingerprint density at radius 2 is 1.25 bits per heavy atom. The zero-order valence-corrected chi connectivity index (χ0v) is 8.22. The first-order valence-corrected chi connectivity index (χ1v) is 4.27. The first-order valence-electron chi connectivity index (χ1n) is 4.27. The Bertz CT molecular complexity index is 137. The topological polar surface area (TPSA) is 49.7 Å². The molecule has 3 nitrogen and oxygen atoms in total. The van der Waals surface area contributed by atoms with Crippen LogP contribution >= 0.6 is 0 Å². The van der Waals surface area contributed by atoms with E-state index in [9.17, 15) is 10.2 Å². The van der Waals surface area contributed by atoms with Gasteiger partial charge in [-0.05, 0) is 27.7 Å². The first kappa shape index (κ1) is 9.96. The maximum atomic E-state index is 9.52. The Hall–Kier alpha value is -0.120. The maximum Gasteiger partial charge on any atom is 0.167 e. The van der Waals surface area contributed by atoms with Crippen molar-refractivity contribution >= 4 is 0 Å². The summed E-state index contributed by atoms with van der Waals surface area (Å²) in [6.45, 7) is 7.48. The zero-order chi connectivity index (χ0) is 9.62. The SMILES string of the molecule is CC1(C)CC(O)(O)CC(C)(C)O1. The van der Waals surface area contributed by atoms with Crippen molar-refractivity contribution in [1.82, 2.24) is 0 Å². The molecular formula is C9H18O3. The molecule has 0 aromatic heterocycles. The summed E-state index contributed by atoms with van der Waals surface area (Å²) in [5, 5.41) is 19.0. The molecule has 0 atom stereocenters. The van der Waals surface area contributed by atoms with Crippen molar-refractivity contribution in [3.8, 4) is 0 Å². The van der Waals surface area contributed by atoms with E-state index in [4.69, 9.17) is 4.74 Å². The largest absolute Gasteiger partial charge is 0.369 e. The van der Waals surface area contributed by atoms with E-state index >= 15 is 0 Å². The molecule has 0 aromatic carbocycles. The van der Waals surface area contributed by atoms with Gasteiger partial charge in [0.15, 0.2) is 5.79 Å². The van der Waals surface area contributed by atoms with Gasteiger partial charge in [-0.2, -0.15) is 0 Å². The molecule has 72 valence electrons. The Labute approximate surface area is 73.4 Å². The summed E-state index contributed by atoms with van der Waals surface area (Å²) in [5.74, 6) is -1.58. The second-order valence-electron chi connectivity index (χ2n) is 4.96. The van der Waals surface area contributed by atoms with Crippen LogP contribution in [-0.4, -0.2) is 27.2 Å². The summed E-state index contributed by atoms with van der Waals surface area (Å²) in [6.07, 6.45) is 0.535. The van der Waals surface area contributed by atoms with Crippen LogP contribution in [0.25, 0.3) is 0 Å². The molecule has 0 aliphatic carbocycles. The summed E-state index contributed by atoms with van der Waals surface area (Å²) in [7, 11) is 0. The van der Waals surface area contributed by atoms with Crippen LogP contribution in [0.4, 0.5) is 0 Å². The molecule has 0 amide bonds. The maximum absolute atomic E-state index is 9.52. The van der Waals surface area contributed by atoms with Crippen LogP contribution in [0.3, 0.4) is 0 Å². The highest BCUT2D eigenvalue weighted by Gasteiger charge is 2.46. The minimum Gasteiger partial charge on any atom is -0.369 e. The number of hydrogen-bond donors (Lipinski definition) is 2. The molecule has 0 saturated carbocycles. The van der Waals surface area contributed by atoms with Gasteiger partial charge in [0.25, 0.3) is 0 Å². The molecule has 1 rings (SSSR count). The Balaban J connectivity index is 2.81. The molecular weight excluding hydrogens is 156 g/mol. The van der Waals surface area contributed by atoms with Gasteiger partial charge in [-0.15, -0.1) is 0 Å². The molecule has 0 spiro atoms. The van der Waals surface area contributed by atoms with E-state index in [1.165, 1.54) is 0 Å². The summed E-state index contributed by atoms with van der Waals surface area (Å²) in [5.41, 5.74) is -0.906. The molecule has 3 heteroatoms. The van der Waals surface area contributed by atoms with Crippen LogP contribution < -0.4 is 0 Å². The van der Waals surface area contributed by atoms with E-state index in [2.05, 4.69) is 0 Å². The van der Waals surface area contributed by atoms with E-state index in [0.717, 1.165) is 0 Å². The third-order valence-corrected chi connectivity index (χ3v) is 1.97. The molecule has 0 aromatic rings. The molecule has 12 heavy (non-hydrogen) atoms. The number of rotatable bonds is 0. The summed E-state index contributed by atoms with van der Waals surface area (Å²) >= 11 is 0. The minimum atomic E-state index is -1.58. The first-order chi connectivity index (χ1) is 5.12. The average Bonchev–Trinajstić information content (AvgIpc) is 1.44. The van der Waals surface area contributed by atoms with E-state index in [1.54, 1.807) is 0 Å². The predicted molar refractivity (Wildman–Crippen MR) is 45.6 cm³/mol. The highest BCUT2D eigenvalue weighted by molar-refractivity contribution is 4.91. The van der Waals surface area contributed by atoms with Crippen molar-refractivity contribution in [1.29, 1.82) is 0 Å². The van der Waals surface area contributed by atoms with Crippen molar-refractivity contribution in [2.75, 3.05) is 0 Å². The fourth-order valence-electron chi connectivity index (χ4n) is 2.25. The smallest absolute Gasteiger partial charge is 0.167 e. The van der Waals surface area contributed by atoms with Gasteiger partial charge in [0.2, 0.25) is 0 Å². The fourth-order valence-corrected chi connectivity index (χ4v) is 2.25. The third kappa shape index (κ3) is 2.44. The number of aliphatic hydroxyl groups is 2. The number of ether oxygens (including phenoxy) is 1. The lowest BCUT2D eigenvalue weighted by molar-refractivity contribution is -0.290. The van der Waals surface area contributed by atoms with Crippen LogP contribution in [-0.2, 0) is 4.74 Å². The van der Waals surface area contributed by atoms with Crippen LogP contribution in [0.5, 0.6) is 0 Å². The van der Waals surface area contributed by atoms with E-state index in [0.29, 0.717) is 0 Å². The van der Waals surface area contributed by atoms with Crippen molar-refractivity contribution in [2.24, 2.45) is 0 Å². The van der Waals surface area contributed by atoms with E-state index in [1.807, 2.05) is 27.7 Å². The number of hydrogen-bond acceptors (Lipinski definition) is 3. The molecule has 1 saturated heterocycles. The molecule has 0 bridgehead atoms. The molecule has 1 fully saturated rings. The lowest BCUT2D eigenvalue weighted by Crippen LogP contribution is -2.53. The molecule has 0 unspecified atom stereocenters. The van der Waals surface area contributed by atoms with Gasteiger partial charge in [0, 0.05) is 12.8 Å². The molecule has 1 aliphatic heterocycles. The lowest BCUT2D eigenvalue weighted by Gasteiger charge is -2.47. The predicted octanol–water partition coefficient (Wildman–Crippen LogP) is 1.03. The van der Waals surface area contributed by atoms with Gasteiger partial charge in [-0.25, -0.2) is 0 Å². The van der Waals surface area contributed by atoms with Crippen LogP contribution in [0.15, 0.2) is 0 Å². The van der Waals surface area contributed by atoms with E-state index in [-0.39, 0.29) is 12.8 Å². The fraction of sp³-hybridized carbons (Fsp3) is 1.00. The highest BCUT2D eigenvalue weighted by Crippen LogP contribution is 2.39. The summed E-state index contributed by atoms with van der Waals surface area (Å²) in [6, 6.07) is 0. The van der Waals surface area contributed by atoms with Crippen molar-refractivity contribution < 1.29 is 14.9 Å². The molecule has 1 heterocycles. The van der Waals surface area contributed by atoms with E-state index < -0.39 is 17.0 Å². The monoisotopic (exact) mass is 174 g/mol. The second-order valence-corrected chi connectivity index (χ2v) is 4.96. The van der Waals surface area contributed by atoms with Crippen molar-refractivity contribution in [3.05, 3.63) is 0 Å². The van der Waals surface area contributed by atoms with Gasteiger partial charge in [0.05, 0.1) is 11.2 Å². The van der Waals surface area contributed by atoms with Crippen LogP contribution in [0.2, 0.25) is 0 Å². The van der Waals surface area contributed by atoms with Crippen molar-refractivity contribution in [2.45, 2.75) is 57.5 Å². The van der Waals surface area contributed by atoms with Crippen LogP contribution in [0, 0.1) is 0 Å². The molecule has 1 aliphatic rings. The lowest BCUT2D eigenvalue weighted by atomic mass is 9.84. The zero-order valence-electron chi connectivity index (χ0n) is 8.22. The summed E-state index contributed by atoms with van der Waals surface area (Å²) in [4.78, 5) is 0. The van der Waals surface area contributed by atoms with Crippen molar-refractivity contribution in [3.63, 3.8) is 0 Å². The molecule has 0 radical (unpaired) electrons. The summed E-state index contributed by atoms with van der Waals surface area (Å²) < 4.78 is 5.68. The Morgan fingerprint density at radius 3 is 1.50 bits per heavy atom. The van der Waals surface area contributed by atoms with Gasteiger partial charge >= 0.3 is 0 Å². The van der Waals surface area contributed by atoms with Gasteiger partial charge in [0.1, 0.15) is 0 Å². The average molecular weight is 174 g/mol. The van der Waals surface area contributed by atoms with Gasteiger partial charge < -0.3 is 14.9 Å². The standard InChI is InChI=1S/C9H18O3/c1-7(2)5-9(10,11)6-8(3,4)12-7/h10-11H,5-6H2,1-4H3. The minimum absolute atomic E-state index is 0.267. The highest BCUT2D eigenvalue weighted by atomic mass is 16.6. The normalized spacial score (nSPS) is 31.5. The Morgan fingerprint density at radius 1 is 0.917 bits per heavy atom. The van der Waals surface area contributed by atoms with Gasteiger partial charge in [-0.1, -0.05) is 0 Å².